The molecule has 0 radical (unpaired) electrons. The van der Waals surface area contributed by atoms with Gasteiger partial charge in [-0.2, -0.15) is 4.98 Å². The Morgan fingerprint density at radius 2 is 2.30 bits per heavy atom. The van der Waals surface area contributed by atoms with E-state index in [2.05, 4.69) is 35.8 Å². The number of amides is 2. The van der Waals surface area contributed by atoms with Crippen LogP contribution in [0, 0.1) is 0 Å². The number of tetrazole rings is 1. The van der Waals surface area contributed by atoms with Gasteiger partial charge in [0.25, 0.3) is 17.8 Å². The Bertz CT molecular complexity index is 1170. The van der Waals surface area contributed by atoms with E-state index in [1.165, 1.54) is 40.2 Å². The minimum Gasteiger partial charge on any atom is -0.477 e. The number of hydrogen-bond acceptors (Lipinski definition) is 13. The monoisotopic (exact) mass is 495 g/mol. The maximum atomic E-state index is 12.8. The van der Waals surface area contributed by atoms with E-state index in [1.54, 1.807) is 7.05 Å². The zero-order valence-electron chi connectivity index (χ0n) is 17.2. The zero-order chi connectivity index (χ0) is 23.7. The minimum absolute atomic E-state index is 0.0236. The lowest BCUT2D eigenvalue weighted by atomic mass is 10.0. The third-order valence-corrected chi connectivity index (χ3v) is 7.09. The highest BCUT2D eigenvalue weighted by atomic mass is 32.2. The molecule has 33 heavy (non-hydrogen) atoms. The molecule has 2 aromatic rings. The number of rotatable bonds is 8. The number of β-lactam (4-membered cyclic amide) rings is 1. The molecule has 174 valence electrons. The SMILES string of the molecule is CO/N=C(/C(=O)N[C@@H]1C(=O)N2C(C(=O)O)=C(CSc3nnnn3C)CS[C@H]12)c1coc(N)n1. The number of aromatic nitrogens is 5. The lowest BCUT2D eigenvalue weighted by Crippen LogP contribution is -2.71. The molecule has 1 saturated heterocycles. The third kappa shape index (κ3) is 4.23. The first-order valence-electron chi connectivity index (χ1n) is 9.20. The molecular formula is C16H17N9O6S2. The molecule has 0 saturated carbocycles. The van der Waals surface area contributed by atoms with Crippen molar-refractivity contribution < 1.29 is 28.7 Å². The number of nitrogens with one attached hydrogen (secondary N) is 1. The van der Waals surface area contributed by atoms with Crippen LogP contribution in [0.25, 0.3) is 0 Å². The number of carbonyl (C=O) groups is 3. The molecule has 17 heteroatoms. The number of carbonyl (C=O) groups excluding carboxylic acids is 2. The van der Waals surface area contributed by atoms with Gasteiger partial charge >= 0.3 is 5.97 Å². The van der Waals surface area contributed by atoms with Gasteiger partial charge in [0.2, 0.25) is 5.16 Å². The number of carboxylic acid groups (broad SMARTS) is 1. The molecule has 2 aromatic heterocycles. The van der Waals surface area contributed by atoms with Gasteiger partial charge < -0.3 is 25.4 Å². The Hall–Kier alpha value is -3.60. The second-order valence-corrected chi connectivity index (χ2v) is 8.73. The van der Waals surface area contributed by atoms with Crippen LogP contribution in [0.2, 0.25) is 0 Å². The van der Waals surface area contributed by atoms with Gasteiger partial charge in [0.05, 0.1) is 0 Å². The predicted octanol–water partition coefficient (Wildman–Crippen LogP) is -1.34. The van der Waals surface area contributed by atoms with Crippen LogP contribution in [0.4, 0.5) is 6.01 Å². The van der Waals surface area contributed by atoms with E-state index >= 15 is 0 Å². The number of oxime groups is 1. The molecule has 2 amide bonds. The lowest BCUT2D eigenvalue weighted by molar-refractivity contribution is -0.150. The second-order valence-electron chi connectivity index (χ2n) is 6.69. The zero-order valence-corrected chi connectivity index (χ0v) is 18.8. The summed E-state index contributed by atoms with van der Waals surface area (Å²) in [5, 5.41) is 27.0. The van der Waals surface area contributed by atoms with Crippen molar-refractivity contribution in [3.8, 4) is 0 Å². The average Bonchev–Trinajstić information content (AvgIpc) is 3.40. The van der Waals surface area contributed by atoms with Crippen LogP contribution in [0.15, 0.2) is 32.3 Å². The number of aliphatic carboxylic acids is 1. The standard InChI is InChI=1S/C16H17N9O6S2/c1-24-16(20-22-23-24)33-5-6-4-32-13-9(12(27)25(13)10(6)14(28)29)19-11(26)8(21-30-2)7-3-31-15(17)18-7/h3,9,13H,4-5H2,1-2H3,(H2,17,18)(H,19,26)(H,28,29)/b21-8+/t9-,13-/m1/s1. The number of thioether (sulfide) groups is 2. The topological polar surface area (TPSA) is 204 Å². The first kappa shape index (κ1) is 22.6. The summed E-state index contributed by atoms with van der Waals surface area (Å²) in [6.07, 6.45) is 1.12. The van der Waals surface area contributed by atoms with Gasteiger partial charge in [-0.05, 0) is 16.0 Å². The van der Waals surface area contributed by atoms with E-state index in [0.717, 1.165) is 6.26 Å². The molecule has 4 rings (SSSR count). The number of fused-ring (bicyclic) bond motifs is 1. The van der Waals surface area contributed by atoms with Gasteiger partial charge in [0.15, 0.2) is 5.71 Å². The van der Waals surface area contributed by atoms with Crippen molar-refractivity contribution in [1.29, 1.82) is 0 Å². The first-order valence-corrected chi connectivity index (χ1v) is 11.2. The van der Waals surface area contributed by atoms with Crippen molar-refractivity contribution in [3.05, 3.63) is 23.2 Å². The molecule has 0 aliphatic carbocycles. The molecule has 2 aliphatic heterocycles. The molecule has 0 unspecified atom stereocenters. The Labute approximate surface area is 193 Å². The number of nitrogens with zero attached hydrogens (tertiary/aromatic N) is 7. The van der Waals surface area contributed by atoms with Crippen molar-refractivity contribution in [2.24, 2.45) is 12.2 Å². The van der Waals surface area contributed by atoms with E-state index in [4.69, 9.17) is 10.2 Å². The summed E-state index contributed by atoms with van der Waals surface area (Å²) in [7, 11) is 2.91. The molecule has 0 aromatic carbocycles. The summed E-state index contributed by atoms with van der Waals surface area (Å²) in [6.45, 7) is 0. The summed E-state index contributed by atoms with van der Waals surface area (Å²) in [6, 6.07) is -1.13. The van der Waals surface area contributed by atoms with E-state index in [-0.39, 0.29) is 28.9 Å². The fourth-order valence-electron chi connectivity index (χ4n) is 3.19. The normalized spacial score (nSPS) is 20.4. The van der Waals surface area contributed by atoms with Gasteiger partial charge in [-0.25, -0.2) is 9.48 Å². The third-order valence-electron chi connectivity index (χ3n) is 4.66. The Morgan fingerprint density at radius 3 is 2.91 bits per heavy atom. The van der Waals surface area contributed by atoms with Crippen LogP contribution in [0.5, 0.6) is 0 Å². The van der Waals surface area contributed by atoms with Crippen molar-refractivity contribution in [1.82, 2.24) is 35.4 Å². The molecule has 4 heterocycles. The van der Waals surface area contributed by atoms with Crippen LogP contribution >= 0.6 is 23.5 Å². The fourth-order valence-corrected chi connectivity index (χ4v) is 5.53. The molecule has 1 fully saturated rings. The number of hydrogen-bond donors (Lipinski definition) is 3. The number of nitrogen functional groups attached to an aromatic ring is 1. The number of carboxylic acids is 1. The molecular weight excluding hydrogens is 478 g/mol. The lowest BCUT2D eigenvalue weighted by Gasteiger charge is -2.49. The first-order chi connectivity index (χ1) is 15.8. The molecule has 0 bridgehead atoms. The van der Waals surface area contributed by atoms with Crippen LogP contribution in [-0.4, -0.2) is 88.7 Å². The quantitative estimate of drug-likeness (QED) is 0.168. The highest BCUT2D eigenvalue weighted by Gasteiger charge is 2.54. The van der Waals surface area contributed by atoms with E-state index in [0.29, 0.717) is 16.5 Å². The largest absolute Gasteiger partial charge is 0.477 e. The molecule has 15 nitrogen and oxygen atoms in total. The van der Waals surface area contributed by atoms with Gasteiger partial charge in [-0.15, -0.1) is 16.9 Å². The maximum absolute atomic E-state index is 12.8. The highest BCUT2D eigenvalue weighted by Crippen LogP contribution is 2.41. The Balaban J connectivity index is 1.49. The smallest absolute Gasteiger partial charge is 0.352 e. The molecule has 0 spiro atoms. The molecule has 2 atom stereocenters. The van der Waals surface area contributed by atoms with Crippen LogP contribution in [0.1, 0.15) is 5.69 Å². The van der Waals surface area contributed by atoms with Crippen LogP contribution in [-0.2, 0) is 26.3 Å². The molecule has 4 N–H and O–H groups in total. The van der Waals surface area contributed by atoms with E-state index < -0.39 is 29.2 Å². The van der Waals surface area contributed by atoms with E-state index in [1.807, 2.05) is 0 Å². The van der Waals surface area contributed by atoms with Crippen molar-refractivity contribution >= 4 is 53.0 Å². The number of oxazole rings is 1. The number of nitrogens with two attached hydrogens (primary N) is 1. The van der Waals surface area contributed by atoms with Crippen molar-refractivity contribution in [2.75, 3.05) is 24.3 Å². The van der Waals surface area contributed by atoms with Crippen LogP contribution < -0.4 is 11.1 Å². The summed E-state index contributed by atoms with van der Waals surface area (Å²) in [5.74, 6) is -1.91. The highest BCUT2D eigenvalue weighted by molar-refractivity contribution is 8.01. The Kier molecular flexibility index (Phi) is 6.23. The molecule has 2 aliphatic rings. The predicted molar refractivity (Wildman–Crippen MR) is 114 cm³/mol. The van der Waals surface area contributed by atoms with Crippen molar-refractivity contribution in [3.63, 3.8) is 0 Å². The van der Waals surface area contributed by atoms with E-state index in [9.17, 15) is 19.5 Å². The van der Waals surface area contributed by atoms with Crippen LogP contribution in [0.3, 0.4) is 0 Å². The van der Waals surface area contributed by atoms with Gasteiger partial charge in [0, 0.05) is 18.6 Å². The van der Waals surface area contributed by atoms with Gasteiger partial charge in [-0.3, -0.25) is 14.5 Å². The summed E-state index contributed by atoms with van der Waals surface area (Å²) in [4.78, 5) is 47.2. The summed E-state index contributed by atoms with van der Waals surface area (Å²) >= 11 is 2.59. The summed E-state index contributed by atoms with van der Waals surface area (Å²) < 4.78 is 6.35. The maximum Gasteiger partial charge on any atom is 0.352 e. The summed E-state index contributed by atoms with van der Waals surface area (Å²) in [5.41, 5.74) is 5.66. The van der Waals surface area contributed by atoms with Gasteiger partial charge in [-0.1, -0.05) is 16.9 Å². The number of anilines is 1. The minimum atomic E-state index is -1.23. The van der Waals surface area contributed by atoms with Crippen molar-refractivity contribution in [2.45, 2.75) is 16.6 Å². The second kappa shape index (κ2) is 9.10. The van der Waals surface area contributed by atoms with Gasteiger partial charge in [0.1, 0.15) is 36.2 Å². The Morgan fingerprint density at radius 1 is 1.52 bits per heavy atom. The average molecular weight is 496 g/mol. The fraction of sp³-hybridized carbons (Fsp3) is 0.375. The number of aryl methyl sites for hydroxylation is 1.